The summed E-state index contributed by atoms with van der Waals surface area (Å²) in [6.45, 7) is 15.8. The molecule has 0 saturated carbocycles. The second-order valence-corrected chi connectivity index (χ2v) is 7.13. The molecular formula is C16H34N4. The van der Waals surface area contributed by atoms with Crippen molar-refractivity contribution < 1.29 is 0 Å². The lowest BCUT2D eigenvalue weighted by Gasteiger charge is -2.44. The quantitative estimate of drug-likeness (QED) is 0.764. The van der Waals surface area contributed by atoms with Gasteiger partial charge in [-0.05, 0) is 41.3 Å². The van der Waals surface area contributed by atoms with Gasteiger partial charge in [-0.3, -0.25) is 9.80 Å². The molecule has 4 nitrogen and oxygen atoms in total. The molecule has 0 aromatic rings. The third-order valence-corrected chi connectivity index (χ3v) is 5.25. The first-order chi connectivity index (χ1) is 9.47. The highest BCUT2D eigenvalue weighted by atomic mass is 15.3. The van der Waals surface area contributed by atoms with Crippen LogP contribution in [0, 0.1) is 0 Å². The molecule has 20 heavy (non-hydrogen) atoms. The van der Waals surface area contributed by atoms with Crippen molar-refractivity contribution in [3.05, 3.63) is 0 Å². The predicted molar refractivity (Wildman–Crippen MR) is 86.3 cm³/mol. The van der Waals surface area contributed by atoms with Crippen LogP contribution in [0.3, 0.4) is 0 Å². The normalized spacial score (nSPS) is 33.5. The summed E-state index contributed by atoms with van der Waals surface area (Å²) in [5, 5.41) is 0. The van der Waals surface area contributed by atoms with Gasteiger partial charge in [-0.15, -0.1) is 0 Å². The van der Waals surface area contributed by atoms with E-state index in [0.717, 1.165) is 6.04 Å². The summed E-state index contributed by atoms with van der Waals surface area (Å²) in [6.07, 6.45) is 1.31. The maximum atomic E-state index is 2.71. The van der Waals surface area contributed by atoms with Crippen LogP contribution in [-0.2, 0) is 0 Å². The first-order valence-corrected chi connectivity index (χ1v) is 8.34. The number of rotatable bonds is 4. The molecule has 0 aromatic heterocycles. The van der Waals surface area contributed by atoms with Crippen molar-refractivity contribution >= 4 is 0 Å². The minimum atomic E-state index is 0.698. The van der Waals surface area contributed by atoms with E-state index in [0.29, 0.717) is 12.1 Å². The number of hydrogen-bond donors (Lipinski definition) is 0. The van der Waals surface area contributed by atoms with E-state index in [1.807, 2.05) is 0 Å². The van der Waals surface area contributed by atoms with Gasteiger partial charge in [0.1, 0.15) is 0 Å². The summed E-state index contributed by atoms with van der Waals surface area (Å²) in [5.41, 5.74) is 0. The monoisotopic (exact) mass is 282 g/mol. The standard InChI is InChI=1S/C16H34N4/c1-14(19-10-8-17(4)9-11-19)6-7-20-15(2)12-18(5)13-16(20)3/h14-16H,6-13H2,1-5H3. The topological polar surface area (TPSA) is 13.0 Å². The fraction of sp³-hybridized carbons (Fsp3) is 1.00. The highest BCUT2D eigenvalue weighted by molar-refractivity contribution is 4.85. The van der Waals surface area contributed by atoms with Crippen LogP contribution >= 0.6 is 0 Å². The molecule has 0 spiro atoms. The Morgan fingerprint density at radius 3 is 2.00 bits per heavy atom. The molecule has 0 N–H and O–H groups in total. The Labute approximate surface area is 125 Å². The Morgan fingerprint density at radius 2 is 1.45 bits per heavy atom. The fourth-order valence-electron chi connectivity index (χ4n) is 3.84. The molecule has 2 aliphatic rings. The van der Waals surface area contributed by atoms with Crippen LogP contribution in [0.15, 0.2) is 0 Å². The Balaban J connectivity index is 1.76. The number of piperazine rings is 2. The van der Waals surface area contributed by atoms with E-state index in [4.69, 9.17) is 0 Å². The van der Waals surface area contributed by atoms with Crippen molar-refractivity contribution in [1.82, 2.24) is 19.6 Å². The van der Waals surface area contributed by atoms with Gasteiger partial charge >= 0.3 is 0 Å². The van der Waals surface area contributed by atoms with Gasteiger partial charge < -0.3 is 9.80 Å². The molecule has 2 rings (SSSR count). The molecule has 0 aliphatic carbocycles. The first-order valence-electron chi connectivity index (χ1n) is 8.34. The van der Waals surface area contributed by atoms with Crippen molar-refractivity contribution in [1.29, 1.82) is 0 Å². The summed E-state index contributed by atoms with van der Waals surface area (Å²) in [6, 6.07) is 2.12. The zero-order valence-corrected chi connectivity index (χ0v) is 14.2. The van der Waals surface area contributed by atoms with Gasteiger partial charge in [0, 0.05) is 63.9 Å². The highest BCUT2D eigenvalue weighted by Crippen LogP contribution is 2.17. The van der Waals surface area contributed by atoms with E-state index in [-0.39, 0.29) is 0 Å². The average molecular weight is 282 g/mol. The molecule has 2 aliphatic heterocycles. The maximum Gasteiger partial charge on any atom is 0.0198 e. The predicted octanol–water partition coefficient (Wildman–Crippen LogP) is 1.04. The van der Waals surface area contributed by atoms with E-state index in [1.165, 1.54) is 52.2 Å². The Kier molecular flexibility index (Phi) is 5.84. The Morgan fingerprint density at radius 1 is 0.900 bits per heavy atom. The molecule has 4 heteroatoms. The Bertz CT molecular complexity index is 276. The second kappa shape index (κ2) is 7.21. The summed E-state index contributed by atoms with van der Waals surface area (Å²) in [7, 11) is 4.48. The number of nitrogens with zero attached hydrogens (tertiary/aromatic N) is 4. The van der Waals surface area contributed by atoms with Crippen molar-refractivity contribution in [2.45, 2.75) is 45.3 Å². The van der Waals surface area contributed by atoms with Gasteiger partial charge in [0.15, 0.2) is 0 Å². The van der Waals surface area contributed by atoms with Crippen LogP contribution in [0.1, 0.15) is 27.2 Å². The van der Waals surface area contributed by atoms with Gasteiger partial charge in [0.25, 0.3) is 0 Å². The maximum absolute atomic E-state index is 2.71. The molecule has 0 bridgehead atoms. The van der Waals surface area contributed by atoms with Crippen molar-refractivity contribution in [3.8, 4) is 0 Å². The molecule has 2 fully saturated rings. The largest absolute Gasteiger partial charge is 0.304 e. The molecule has 2 saturated heterocycles. The summed E-state index contributed by atoms with van der Waals surface area (Å²) in [5.74, 6) is 0. The van der Waals surface area contributed by atoms with Crippen LogP contribution in [-0.4, -0.2) is 97.6 Å². The molecular weight excluding hydrogens is 248 g/mol. The number of hydrogen-bond acceptors (Lipinski definition) is 4. The number of likely N-dealkylation sites (N-methyl/N-ethyl adjacent to an activating group) is 2. The van der Waals surface area contributed by atoms with E-state index in [2.05, 4.69) is 54.5 Å². The van der Waals surface area contributed by atoms with Crippen LogP contribution in [0.2, 0.25) is 0 Å². The van der Waals surface area contributed by atoms with Crippen LogP contribution in [0.4, 0.5) is 0 Å². The van der Waals surface area contributed by atoms with Gasteiger partial charge in [0.2, 0.25) is 0 Å². The average Bonchev–Trinajstić information content (AvgIpc) is 2.38. The lowest BCUT2D eigenvalue weighted by Crippen LogP contribution is -2.56. The van der Waals surface area contributed by atoms with Gasteiger partial charge in [-0.2, -0.15) is 0 Å². The molecule has 2 heterocycles. The van der Waals surface area contributed by atoms with Crippen LogP contribution < -0.4 is 0 Å². The molecule has 0 amide bonds. The molecule has 3 unspecified atom stereocenters. The van der Waals surface area contributed by atoms with Crippen LogP contribution in [0.5, 0.6) is 0 Å². The van der Waals surface area contributed by atoms with Crippen molar-refractivity contribution in [3.63, 3.8) is 0 Å². The third-order valence-electron chi connectivity index (χ3n) is 5.25. The van der Waals surface area contributed by atoms with Gasteiger partial charge in [-0.25, -0.2) is 0 Å². The van der Waals surface area contributed by atoms with Crippen LogP contribution in [0.25, 0.3) is 0 Å². The second-order valence-electron chi connectivity index (χ2n) is 7.13. The lowest BCUT2D eigenvalue weighted by molar-refractivity contribution is 0.0398. The molecule has 0 radical (unpaired) electrons. The molecule has 0 aromatic carbocycles. The summed E-state index contributed by atoms with van der Waals surface area (Å²) < 4.78 is 0. The van der Waals surface area contributed by atoms with Gasteiger partial charge in [0.05, 0.1) is 0 Å². The first kappa shape index (κ1) is 16.2. The van der Waals surface area contributed by atoms with Crippen molar-refractivity contribution in [2.75, 3.05) is 59.9 Å². The molecule has 3 atom stereocenters. The summed E-state index contributed by atoms with van der Waals surface area (Å²) in [4.78, 5) is 10.3. The van der Waals surface area contributed by atoms with E-state index < -0.39 is 0 Å². The fourth-order valence-corrected chi connectivity index (χ4v) is 3.84. The van der Waals surface area contributed by atoms with Crippen molar-refractivity contribution in [2.24, 2.45) is 0 Å². The molecule has 118 valence electrons. The lowest BCUT2D eigenvalue weighted by atomic mass is 10.1. The Hall–Kier alpha value is -0.160. The minimum absolute atomic E-state index is 0.698. The summed E-state index contributed by atoms with van der Waals surface area (Å²) >= 11 is 0. The van der Waals surface area contributed by atoms with E-state index in [1.54, 1.807) is 0 Å². The SMILES string of the molecule is CC(CCN1C(C)CN(C)CC1C)N1CCN(C)CC1. The minimum Gasteiger partial charge on any atom is -0.304 e. The van der Waals surface area contributed by atoms with E-state index in [9.17, 15) is 0 Å². The zero-order valence-electron chi connectivity index (χ0n) is 14.2. The highest BCUT2D eigenvalue weighted by Gasteiger charge is 2.28. The smallest absolute Gasteiger partial charge is 0.0198 e. The van der Waals surface area contributed by atoms with Gasteiger partial charge in [-0.1, -0.05) is 0 Å². The third kappa shape index (κ3) is 4.17. The van der Waals surface area contributed by atoms with E-state index >= 15 is 0 Å². The zero-order chi connectivity index (χ0) is 14.7.